The molecule has 0 saturated carbocycles. The van der Waals surface area contributed by atoms with Crippen LogP contribution in [0.1, 0.15) is 29.4 Å². The molecule has 0 bridgehead atoms. The minimum Gasteiger partial charge on any atom is -0.385 e. The summed E-state index contributed by atoms with van der Waals surface area (Å²) in [5.74, 6) is 5.20. The molecule has 1 unspecified atom stereocenters. The highest BCUT2D eigenvalue weighted by atomic mass is 16.5. The molecule has 0 spiro atoms. The smallest absolute Gasteiger partial charge is 0.255 e. The number of aromatic nitrogens is 1. The molecular formula is C12H20N4O2. The Labute approximate surface area is 107 Å². The number of nitrogens with two attached hydrogens (primary N) is 1. The molecule has 1 rings (SSSR count). The topological polar surface area (TPSA) is 89.3 Å². The Hall–Kier alpha value is -1.66. The van der Waals surface area contributed by atoms with Gasteiger partial charge in [0.15, 0.2) is 0 Å². The van der Waals surface area contributed by atoms with E-state index in [1.807, 2.05) is 13.8 Å². The maximum absolute atomic E-state index is 12.0. The summed E-state index contributed by atoms with van der Waals surface area (Å²) in [6.07, 6.45) is 2.27. The normalized spacial score (nSPS) is 12.0. The molecule has 6 nitrogen and oxygen atoms in total. The van der Waals surface area contributed by atoms with Gasteiger partial charge >= 0.3 is 0 Å². The zero-order chi connectivity index (χ0) is 13.5. The minimum absolute atomic E-state index is 0.0318. The molecule has 0 aliphatic carbocycles. The van der Waals surface area contributed by atoms with Gasteiger partial charge in [0.1, 0.15) is 0 Å². The van der Waals surface area contributed by atoms with Gasteiger partial charge in [-0.25, -0.2) is 0 Å². The average molecular weight is 252 g/mol. The van der Waals surface area contributed by atoms with Gasteiger partial charge in [-0.15, -0.1) is 0 Å². The summed E-state index contributed by atoms with van der Waals surface area (Å²) in [5, 5.41) is 2.87. The van der Waals surface area contributed by atoms with Crippen LogP contribution in [0.5, 0.6) is 0 Å². The fourth-order valence-electron chi connectivity index (χ4n) is 1.53. The highest BCUT2D eigenvalue weighted by molar-refractivity contribution is 5.99. The van der Waals surface area contributed by atoms with Crippen LogP contribution >= 0.6 is 0 Å². The summed E-state index contributed by atoms with van der Waals surface area (Å²) < 4.78 is 4.96. The van der Waals surface area contributed by atoms with Crippen LogP contribution in [-0.4, -0.2) is 30.6 Å². The molecule has 0 fully saturated rings. The van der Waals surface area contributed by atoms with E-state index < -0.39 is 0 Å². The molecule has 1 aromatic heterocycles. The van der Waals surface area contributed by atoms with Gasteiger partial charge in [0.05, 0.1) is 11.3 Å². The van der Waals surface area contributed by atoms with E-state index in [-0.39, 0.29) is 11.9 Å². The van der Waals surface area contributed by atoms with Gasteiger partial charge < -0.3 is 15.5 Å². The fourth-order valence-corrected chi connectivity index (χ4v) is 1.53. The molecule has 1 heterocycles. The third-order valence-corrected chi connectivity index (χ3v) is 2.57. The molecule has 0 aromatic carbocycles. The molecule has 0 aliphatic heterocycles. The van der Waals surface area contributed by atoms with Crippen LogP contribution in [0.3, 0.4) is 0 Å². The van der Waals surface area contributed by atoms with Crippen molar-refractivity contribution in [3.63, 3.8) is 0 Å². The van der Waals surface area contributed by atoms with E-state index in [1.54, 1.807) is 13.2 Å². The van der Waals surface area contributed by atoms with Crippen LogP contribution in [0.15, 0.2) is 12.3 Å². The molecule has 6 heteroatoms. The van der Waals surface area contributed by atoms with Gasteiger partial charge in [-0.05, 0) is 26.3 Å². The monoisotopic (exact) mass is 252 g/mol. The van der Waals surface area contributed by atoms with Crippen molar-refractivity contribution in [3.05, 3.63) is 23.5 Å². The number of anilines is 1. The number of hydrogen-bond acceptors (Lipinski definition) is 5. The number of ether oxygens (including phenoxy) is 1. The number of amides is 1. The third-order valence-electron chi connectivity index (χ3n) is 2.57. The summed E-state index contributed by atoms with van der Waals surface area (Å²) in [7, 11) is 1.63. The second-order valence-electron chi connectivity index (χ2n) is 4.17. The van der Waals surface area contributed by atoms with E-state index in [0.29, 0.717) is 17.9 Å². The second-order valence-corrected chi connectivity index (χ2v) is 4.17. The Balaban J connectivity index is 2.72. The molecular weight excluding hydrogens is 232 g/mol. The number of aryl methyl sites for hydroxylation is 1. The Morgan fingerprint density at radius 2 is 2.33 bits per heavy atom. The highest BCUT2D eigenvalue weighted by Gasteiger charge is 2.14. The molecule has 1 amide bonds. The molecule has 18 heavy (non-hydrogen) atoms. The van der Waals surface area contributed by atoms with Gasteiger partial charge in [0.2, 0.25) is 0 Å². The van der Waals surface area contributed by atoms with Gasteiger partial charge in [0.25, 0.3) is 5.91 Å². The van der Waals surface area contributed by atoms with Crippen molar-refractivity contribution in [3.8, 4) is 0 Å². The summed E-state index contributed by atoms with van der Waals surface area (Å²) in [4.78, 5) is 16.1. The first-order valence-electron chi connectivity index (χ1n) is 5.81. The average Bonchev–Trinajstić information content (AvgIpc) is 2.35. The van der Waals surface area contributed by atoms with Crippen LogP contribution in [-0.2, 0) is 4.74 Å². The van der Waals surface area contributed by atoms with Crippen LogP contribution in [0.4, 0.5) is 5.69 Å². The van der Waals surface area contributed by atoms with E-state index in [2.05, 4.69) is 15.7 Å². The Kier molecular flexibility index (Phi) is 5.54. The van der Waals surface area contributed by atoms with E-state index in [1.165, 1.54) is 6.20 Å². The molecule has 1 aromatic rings. The van der Waals surface area contributed by atoms with Crippen LogP contribution in [0.25, 0.3) is 0 Å². The number of nitrogens with zero attached hydrogens (tertiary/aromatic N) is 1. The lowest BCUT2D eigenvalue weighted by atomic mass is 10.1. The Morgan fingerprint density at radius 1 is 1.61 bits per heavy atom. The number of nitrogen functional groups attached to an aromatic ring is 1. The van der Waals surface area contributed by atoms with Gasteiger partial charge in [-0.2, -0.15) is 0 Å². The van der Waals surface area contributed by atoms with Crippen molar-refractivity contribution in [2.24, 2.45) is 5.84 Å². The number of rotatable bonds is 6. The number of carbonyl (C=O) groups is 1. The van der Waals surface area contributed by atoms with Crippen LogP contribution < -0.4 is 16.6 Å². The molecule has 0 radical (unpaired) electrons. The lowest BCUT2D eigenvalue weighted by Gasteiger charge is -2.15. The van der Waals surface area contributed by atoms with E-state index in [0.717, 1.165) is 12.1 Å². The van der Waals surface area contributed by atoms with Crippen molar-refractivity contribution >= 4 is 11.6 Å². The van der Waals surface area contributed by atoms with Crippen molar-refractivity contribution in [1.29, 1.82) is 0 Å². The zero-order valence-corrected chi connectivity index (χ0v) is 11.0. The van der Waals surface area contributed by atoms with Crippen molar-refractivity contribution in [2.75, 3.05) is 19.1 Å². The number of pyridine rings is 1. The maximum atomic E-state index is 12.0. The predicted octanol–water partition coefficient (Wildman–Crippen LogP) is 0.830. The van der Waals surface area contributed by atoms with E-state index >= 15 is 0 Å². The van der Waals surface area contributed by atoms with E-state index in [4.69, 9.17) is 10.6 Å². The molecule has 1 atom stereocenters. The quantitative estimate of drug-likeness (QED) is 0.515. The summed E-state index contributed by atoms with van der Waals surface area (Å²) in [6.45, 7) is 4.37. The number of methoxy groups -OCH3 is 1. The summed E-state index contributed by atoms with van der Waals surface area (Å²) in [5.41, 5.74) is 4.31. The fraction of sp³-hybridized carbons (Fsp3) is 0.500. The second kappa shape index (κ2) is 6.93. The first-order valence-corrected chi connectivity index (χ1v) is 5.81. The van der Waals surface area contributed by atoms with Crippen LogP contribution in [0.2, 0.25) is 0 Å². The molecule has 4 N–H and O–H groups in total. The SMILES string of the molecule is COCCC(C)NC(=O)c1cnc(C)cc1NN. The number of carbonyl (C=O) groups excluding carboxylic acids is 1. The zero-order valence-electron chi connectivity index (χ0n) is 11.0. The summed E-state index contributed by atoms with van der Waals surface area (Å²) in [6, 6.07) is 1.76. The Bertz CT molecular complexity index is 409. The van der Waals surface area contributed by atoms with Gasteiger partial charge in [-0.3, -0.25) is 15.6 Å². The number of hydrazine groups is 1. The van der Waals surface area contributed by atoms with Crippen molar-refractivity contribution in [2.45, 2.75) is 26.3 Å². The molecule has 100 valence electrons. The largest absolute Gasteiger partial charge is 0.385 e. The Morgan fingerprint density at radius 3 is 2.94 bits per heavy atom. The molecule has 0 saturated heterocycles. The summed E-state index contributed by atoms with van der Waals surface area (Å²) >= 11 is 0. The first kappa shape index (κ1) is 14.4. The lowest BCUT2D eigenvalue weighted by molar-refractivity contribution is 0.0930. The highest BCUT2D eigenvalue weighted by Crippen LogP contribution is 2.14. The standard InChI is InChI=1S/C12H20N4O2/c1-8(4-5-18-3)15-12(17)10-7-14-9(2)6-11(10)16-13/h6-8H,4-5,13H2,1-3H3,(H,14,16)(H,15,17). The van der Waals surface area contributed by atoms with Gasteiger partial charge in [0, 0.05) is 31.6 Å². The minimum atomic E-state index is -0.195. The van der Waals surface area contributed by atoms with Crippen molar-refractivity contribution in [1.82, 2.24) is 10.3 Å². The lowest BCUT2D eigenvalue weighted by Crippen LogP contribution is -2.34. The first-order chi connectivity index (χ1) is 8.58. The number of nitrogens with one attached hydrogen (secondary N) is 2. The van der Waals surface area contributed by atoms with E-state index in [9.17, 15) is 4.79 Å². The van der Waals surface area contributed by atoms with Gasteiger partial charge in [-0.1, -0.05) is 0 Å². The third kappa shape index (κ3) is 3.97. The van der Waals surface area contributed by atoms with Crippen molar-refractivity contribution < 1.29 is 9.53 Å². The number of hydrogen-bond donors (Lipinski definition) is 3. The molecule has 0 aliphatic rings. The van der Waals surface area contributed by atoms with Crippen LogP contribution in [0, 0.1) is 6.92 Å². The maximum Gasteiger partial charge on any atom is 0.255 e. The predicted molar refractivity (Wildman–Crippen MR) is 70.2 cm³/mol.